The molecule has 3 aromatic carbocycles. The minimum absolute atomic E-state index is 0.193. The number of carbonyl (C=O) groups is 2. The highest BCUT2D eigenvalue weighted by Crippen LogP contribution is 2.20. The summed E-state index contributed by atoms with van der Waals surface area (Å²) < 4.78 is 10.7. The number of hydrogen-bond acceptors (Lipinski definition) is 6. The van der Waals surface area contributed by atoms with E-state index in [0.29, 0.717) is 41.5 Å². The zero-order valence-electron chi connectivity index (χ0n) is 21.7. The number of benzene rings is 3. The normalized spacial score (nSPS) is 13.5. The molecule has 3 aromatic rings. The fraction of sp³-hybridized carbons (Fsp3) is 0.310. The number of para-hydroxylation sites is 2. The number of nitrogens with one attached hydrogen (secondary N) is 2. The van der Waals surface area contributed by atoms with Gasteiger partial charge >= 0.3 is 6.03 Å². The van der Waals surface area contributed by atoms with Crippen LogP contribution in [0.2, 0.25) is 0 Å². The summed E-state index contributed by atoms with van der Waals surface area (Å²) in [4.78, 5) is 30.1. The van der Waals surface area contributed by atoms with E-state index in [-0.39, 0.29) is 11.9 Å². The molecule has 1 heterocycles. The third-order valence-corrected chi connectivity index (χ3v) is 6.41. The van der Waals surface area contributed by atoms with Gasteiger partial charge in [0.25, 0.3) is 5.91 Å². The number of hydrogen-bond donors (Lipinski definition) is 3. The first-order chi connectivity index (χ1) is 18.5. The van der Waals surface area contributed by atoms with Gasteiger partial charge in [-0.3, -0.25) is 9.69 Å². The van der Waals surface area contributed by atoms with Crippen LogP contribution in [-0.2, 0) is 11.3 Å². The molecule has 1 saturated heterocycles. The second-order valence-corrected chi connectivity index (χ2v) is 9.13. The lowest BCUT2D eigenvalue weighted by molar-refractivity contribution is 0.0365. The minimum atomic E-state index is -0.243. The van der Waals surface area contributed by atoms with Gasteiger partial charge in [0.05, 0.1) is 31.7 Å². The largest absolute Gasteiger partial charge is 0.497 e. The Labute approximate surface area is 223 Å². The molecule has 0 aromatic heterocycles. The number of rotatable bonds is 10. The monoisotopic (exact) mass is 517 g/mol. The van der Waals surface area contributed by atoms with Crippen LogP contribution in [0.3, 0.4) is 0 Å². The molecular formula is C29H35N5O4. The predicted octanol–water partition coefficient (Wildman–Crippen LogP) is 4.29. The van der Waals surface area contributed by atoms with Crippen molar-refractivity contribution in [2.45, 2.75) is 13.0 Å². The van der Waals surface area contributed by atoms with E-state index in [4.69, 9.17) is 15.2 Å². The van der Waals surface area contributed by atoms with Crippen molar-refractivity contribution in [3.8, 4) is 5.75 Å². The van der Waals surface area contributed by atoms with E-state index in [1.807, 2.05) is 42.5 Å². The number of anilines is 3. The lowest BCUT2D eigenvalue weighted by atomic mass is 10.1. The molecule has 0 bridgehead atoms. The van der Waals surface area contributed by atoms with Crippen molar-refractivity contribution in [2.24, 2.45) is 0 Å². The van der Waals surface area contributed by atoms with Crippen molar-refractivity contribution < 1.29 is 19.1 Å². The van der Waals surface area contributed by atoms with Crippen LogP contribution in [0.4, 0.5) is 21.9 Å². The standard InChI is InChI=1S/C29H35N5O4/c1-37-25-7-4-6-24(20-25)31-29(36)34(15-5-14-33-16-18-38-19-17-33)21-22-10-12-23(13-11-22)28(35)32-27-9-3-2-8-26(27)30/h2-4,6-13,20H,5,14-19,21,30H2,1H3,(H,31,36)(H,32,35). The number of methoxy groups -OCH3 is 1. The zero-order valence-corrected chi connectivity index (χ0v) is 21.7. The van der Waals surface area contributed by atoms with E-state index in [1.54, 1.807) is 42.3 Å². The zero-order chi connectivity index (χ0) is 26.7. The number of nitrogens with zero attached hydrogens (tertiary/aromatic N) is 2. The first-order valence-corrected chi connectivity index (χ1v) is 12.8. The molecule has 0 radical (unpaired) electrons. The van der Waals surface area contributed by atoms with Crippen LogP contribution in [0.5, 0.6) is 5.75 Å². The first kappa shape index (κ1) is 27.0. The third kappa shape index (κ3) is 7.71. The average molecular weight is 518 g/mol. The Kier molecular flexibility index (Phi) is 9.55. The van der Waals surface area contributed by atoms with Gasteiger partial charge in [-0.2, -0.15) is 0 Å². The quantitative estimate of drug-likeness (QED) is 0.346. The highest BCUT2D eigenvalue weighted by atomic mass is 16.5. The molecule has 0 atom stereocenters. The fourth-order valence-electron chi connectivity index (χ4n) is 4.25. The van der Waals surface area contributed by atoms with Gasteiger partial charge in [0.15, 0.2) is 0 Å². The van der Waals surface area contributed by atoms with Crippen LogP contribution < -0.4 is 21.1 Å². The van der Waals surface area contributed by atoms with Gasteiger partial charge in [-0.25, -0.2) is 4.79 Å². The number of nitrogen functional groups attached to an aromatic ring is 1. The molecule has 200 valence electrons. The van der Waals surface area contributed by atoms with E-state index in [2.05, 4.69) is 15.5 Å². The number of urea groups is 1. The lowest BCUT2D eigenvalue weighted by Crippen LogP contribution is -2.40. The molecule has 0 spiro atoms. The smallest absolute Gasteiger partial charge is 0.322 e. The summed E-state index contributed by atoms with van der Waals surface area (Å²) >= 11 is 0. The van der Waals surface area contributed by atoms with Gasteiger partial charge in [0.1, 0.15) is 5.75 Å². The van der Waals surface area contributed by atoms with Crippen LogP contribution in [0.1, 0.15) is 22.3 Å². The van der Waals surface area contributed by atoms with Crippen LogP contribution in [0.25, 0.3) is 0 Å². The Morgan fingerprint density at radius 2 is 1.76 bits per heavy atom. The molecule has 3 amide bonds. The second-order valence-electron chi connectivity index (χ2n) is 9.13. The van der Waals surface area contributed by atoms with Crippen molar-refractivity contribution in [3.05, 3.63) is 83.9 Å². The number of ether oxygens (including phenoxy) is 2. The molecule has 4 N–H and O–H groups in total. The van der Waals surface area contributed by atoms with Crippen molar-refractivity contribution in [1.29, 1.82) is 0 Å². The van der Waals surface area contributed by atoms with E-state index in [0.717, 1.165) is 44.8 Å². The topological polar surface area (TPSA) is 109 Å². The molecule has 38 heavy (non-hydrogen) atoms. The second kappa shape index (κ2) is 13.5. The molecule has 1 fully saturated rings. The molecule has 1 aliphatic rings. The summed E-state index contributed by atoms with van der Waals surface area (Å²) in [5.41, 5.74) is 9.12. The van der Waals surface area contributed by atoms with Crippen LogP contribution in [-0.4, -0.2) is 68.2 Å². The maximum absolute atomic E-state index is 13.3. The van der Waals surface area contributed by atoms with Crippen LogP contribution in [0.15, 0.2) is 72.8 Å². The SMILES string of the molecule is COc1cccc(NC(=O)N(CCCN2CCOCC2)Cc2ccc(C(=O)Nc3ccccc3N)cc2)c1. The Morgan fingerprint density at radius 1 is 1.00 bits per heavy atom. The minimum Gasteiger partial charge on any atom is -0.497 e. The van der Waals surface area contributed by atoms with Crippen molar-refractivity contribution in [2.75, 3.05) is 62.9 Å². The molecule has 1 aliphatic heterocycles. The Hall–Kier alpha value is -4.08. The van der Waals surface area contributed by atoms with Crippen molar-refractivity contribution in [1.82, 2.24) is 9.80 Å². The summed E-state index contributed by atoms with van der Waals surface area (Å²) in [6, 6.07) is 21.5. The highest BCUT2D eigenvalue weighted by molar-refractivity contribution is 6.05. The first-order valence-electron chi connectivity index (χ1n) is 12.8. The number of carbonyl (C=O) groups excluding carboxylic acids is 2. The number of nitrogens with two attached hydrogens (primary N) is 1. The Balaban J connectivity index is 1.41. The van der Waals surface area contributed by atoms with Crippen molar-refractivity contribution in [3.63, 3.8) is 0 Å². The van der Waals surface area contributed by atoms with Gasteiger partial charge in [-0.15, -0.1) is 0 Å². The van der Waals surface area contributed by atoms with Gasteiger partial charge in [-0.1, -0.05) is 30.3 Å². The summed E-state index contributed by atoms with van der Waals surface area (Å²) in [5, 5.41) is 5.82. The predicted molar refractivity (Wildman–Crippen MR) is 150 cm³/mol. The molecule has 9 heteroatoms. The maximum atomic E-state index is 13.3. The van der Waals surface area contributed by atoms with Gasteiger partial charge in [-0.05, 0) is 48.4 Å². The van der Waals surface area contributed by atoms with Crippen molar-refractivity contribution >= 4 is 29.0 Å². The average Bonchev–Trinajstić information content (AvgIpc) is 2.94. The van der Waals surface area contributed by atoms with E-state index >= 15 is 0 Å². The van der Waals surface area contributed by atoms with Crippen LogP contribution in [0, 0.1) is 0 Å². The van der Waals surface area contributed by atoms with Crippen LogP contribution >= 0.6 is 0 Å². The lowest BCUT2D eigenvalue weighted by Gasteiger charge is -2.28. The maximum Gasteiger partial charge on any atom is 0.322 e. The highest BCUT2D eigenvalue weighted by Gasteiger charge is 2.17. The molecule has 4 rings (SSSR count). The van der Waals surface area contributed by atoms with E-state index in [1.165, 1.54) is 0 Å². The Bertz CT molecular complexity index is 1210. The molecule has 0 aliphatic carbocycles. The van der Waals surface area contributed by atoms with Gasteiger partial charge in [0, 0.05) is 50.0 Å². The molecule has 0 saturated carbocycles. The van der Waals surface area contributed by atoms with E-state index < -0.39 is 0 Å². The van der Waals surface area contributed by atoms with E-state index in [9.17, 15) is 9.59 Å². The molecule has 0 unspecified atom stereocenters. The molecule has 9 nitrogen and oxygen atoms in total. The Morgan fingerprint density at radius 3 is 2.50 bits per heavy atom. The van der Waals surface area contributed by atoms with Gasteiger partial charge < -0.3 is 30.7 Å². The number of morpholine rings is 1. The summed E-state index contributed by atoms with van der Waals surface area (Å²) in [5.74, 6) is 0.431. The summed E-state index contributed by atoms with van der Waals surface area (Å²) in [6.45, 7) is 5.21. The molecular weight excluding hydrogens is 482 g/mol. The fourth-order valence-corrected chi connectivity index (χ4v) is 4.25. The number of amides is 3. The summed E-state index contributed by atoms with van der Waals surface area (Å²) in [6.07, 6.45) is 0.838. The third-order valence-electron chi connectivity index (χ3n) is 6.41. The summed E-state index contributed by atoms with van der Waals surface area (Å²) in [7, 11) is 1.59. The van der Waals surface area contributed by atoms with Gasteiger partial charge in [0.2, 0.25) is 0 Å².